The third-order valence-electron chi connectivity index (χ3n) is 1.05. The molecule has 1 rings (SSSR count). The van der Waals surface area contributed by atoms with Crippen molar-refractivity contribution in [1.29, 1.82) is 0 Å². The average Bonchev–Trinajstić information content (AvgIpc) is 1.99. The molecule has 58 valence electrons. The fourth-order valence-corrected chi connectivity index (χ4v) is 0.595. The Balaban J connectivity index is 3.05. The normalized spacial score (nSPS) is 9.27. The Morgan fingerprint density at radius 3 is 2.73 bits per heavy atom. The van der Waals surface area contributed by atoms with Crippen LogP contribution in [0.1, 0.15) is 0 Å². The highest BCUT2D eigenvalue weighted by atomic mass is 19.2. The second kappa shape index (κ2) is 3.05. The monoisotopic (exact) mass is 159 g/mol. The van der Waals surface area contributed by atoms with E-state index in [2.05, 4.69) is 4.84 Å². The van der Waals surface area contributed by atoms with E-state index in [1.807, 2.05) is 5.34 Å². The van der Waals surface area contributed by atoms with Gasteiger partial charge >= 0.3 is 0 Å². The van der Waals surface area contributed by atoms with Gasteiger partial charge in [0, 0.05) is 0 Å². The van der Waals surface area contributed by atoms with Gasteiger partial charge in [-0.15, -0.1) is 4.91 Å². The first-order valence-electron chi connectivity index (χ1n) is 2.69. The van der Waals surface area contributed by atoms with Crippen LogP contribution in [0, 0.1) is 16.5 Å². The molecule has 3 nitrogen and oxygen atoms in total. The van der Waals surface area contributed by atoms with Gasteiger partial charge < -0.3 is 4.84 Å². The van der Waals surface area contributed by atoms with E-state index in [4.69, 9.17) is 0 Å². The maximum atomic E-state index is 12.5. The Morgan fingerprint density at radius 2 is 2.09 bits per heavy atom. The lowest BCUT2D eigenvalue weighted by molar-refractivity contribution is 0.309. The smallest absolute Gasteiger partial charge is 0.204 e. The summed E-state index contributed by atoms with van der Waals surface area (Å²) >= 11 is 0. The first-order valence-corrected chi connectivity index (χ1v) is 2.69. The molecule has 0 fully saturated rings. The molecule has 0 aromatic heterocycles. The first-order chi connectivity index (χ1) is 5.25. The van der Waals surface area contributed by atoms with E-state index in [-0.39, 0.29) is 0 Å². The minimum Gasteiger partial charge on any atom is -0.321 e. The third-order valence-corrected chi connectivity index (χ3v) is 1.05. The molecule has 0 amide bonds. The fraction of sp³-hybridized carbons (Fsp3) is 0. The average molecular weight is 159 g/mol. The number of halogens is 2. The van der Waals surface area contributed by atoms with E-state index >= 15 is 0 Å². The van der Waals surface area contributed by atoms with E-state index in [0.29, 0.717) is 0 Å². The van der Waals surface area contributed by atoms with E-state index in [0.717, 1.165) is 12.1 Å². The van der Waals surface area contributed by atoms with Crippen molar-refractivity contribution in [1.82, 2.24) is 0 Å². The van der Waals surface area contributed by atoms with Crippen LogP contribution in [0.25, 0.3) is 0 Å². The fourth-order valence-electron chi connectivity index (χ4n) is 0.595. The molecule has 0 unspecified atom stereocenters. The second-order valence-corrected chi connectivity index (χ2v) is 1.72. The van der Waals surface area contributed by atoms with Crippen LogP contribution in [0.15, 0.2) is 23.5 Å². The van der Waals surface area contributed by atoms with Crippen LogP contribution in [-0.4, -0.2) is 0 Å². The van der Waals surface area contributed by atoms with E-state index in [1.165, 1.54) is 6.07 Å². The highest BCUT2D eigenvalue weighted by Gasteiger charge is 2.08. The molecule has 0 aliphatic heterocycles. The Morgan fingerprint density at radius 1 is 1.36 bits per heavy atom. The van der Waals surface area contributed by atoms with E-state index in [9.17, 15) is 13.7 Å². The van der Waals surface area contributed by atoms with Crippen molar-refractivity contribution in [2.75, 3.05) is 0 Å². The van der Waals surface area contributed by atoms with Crippen molar-refractivity contribution in [3.8, 4) is 5.75 Å². The Labute approximate surface area is 60.5 Å². The molecule has 0 radical (unpaired) electrons. The standard InChI is InChI=1S/C6H3F2NO2/c7-4-2-1-3-5(6(4)8)11-9-10/h1-3H. The lowest BCUT2D eigenvalue weighted by Gasteiger charge is -1.96. The molecule has 0 spiro atoms. The van der Waals surface area contributed by atoms with Crippen molar-refractivity contribution in [3.05, 3.63) is 34.7 Å². The maximum absolute atomic E-state index is 12.5. The molecule has 0 bridgehead atoms. The van der Waals surface area contributed by atoms with Crippen molar-refractivity contribution < 1.29 is 13.6 Å². The van der Waals surface area contributed by atoms with Gasteiger partial charge in [-0.05, 0) is 12.1 Å². The summed E-state index contributed by atoms with van der Waals surface area (Å²) in [4.78, 5) is 13.3. The number of hydrogen-bond donors (Lipinski definition) is 0. The number of hydrogen-bond acceptors (Lipinski definition) is 3. The van der Waals surface area contributed by atoms with Gasteiger partial charge in [-0.2, -0.15) is 4.39 Å². The summed E-state index contributed by atoms with van der Waals surface area (Å²) in [5.74, 6) is -2.81. The zero-order chi connectivity index (χ0) is 8.27. The molecule has 1 aromatic rings. The van der Waals surface area contributed by atoms with Gasteiger partial charge in [0.25, 0.3) is 0 Å². The number of benzene rings is 1. The Hall–Kier alpha value is -1.52. The molecule has 0 saturated carbocycles. The predicted octanol–water partition coefficient (Wildman–Crippen LogP) is 2.03. The lowest BCUT2D eigenvalue weighted by Crippen LogP contribution is -1.89. The van der Waals surface area contributed by atoms with Gasteiger partial charge in [0.15, 0.2) is 16.9 Å². The van der Waals surface area contributed by atoms with Crippen LogP contribution in [0.5, 0.6) is 5.75 Å². The molecular weight excluding hydrogens is 156 g/mol. The van der Waals surface area contributed by atoms with Crippen molar-refractivity contribution in [2.24, 2.45) is 5.34 Å². The van der Waals surface area contributed by atoms with Crippen LogP contribution in [0.2, 0.25) is 0 Å². The minimum atomic E-state index is -1.22. The molecule has 0 aliphatic rings. The van der Waals surface area contributed by atoms with Gasteiger partial charge in [-0.25, -0.2) is 4.39 Å². The minimum absolute atomic E-state index is 0.514. The molecule has 1 aromatic carbocycles. The zero-order valence-electron chi connectivity index (χ0n) is 5.25. The summed E-state index contributed by atoms with van der Waals surface area (Å²) in [7, 11) is 0. The predicted molar refractivity (Wildman–Crippen MR) is 32.8 cm³/mol. The third kappa shape index (κ3) is 1.49. The van der Waals surface area contributed by atoms with E-state index < -0.39 is 17.4 Å². The molecule has 5 heteroatoms. The van der Waals surface area contributed by atoms with Crippen molar-refractivity contribution in [2.45, 2.75) is 0 Å². The van der Waals surface area contributed by atoms with Crippen LogP contribution >= 0.6 is 0 Å². The van der Waals surface area contributed by atoms with Gasteiger partial charge in [0.1, 0.15) is 0 Å². The van der Waals surface area contributed by atoms with Gasteiger partial charge in [-0.3, -0.25) is 0 Å². The summed E-state index contributed by atoms with van der Waals surface area (Å²) in [6, 6.07) is 3.21. The van der Waals surface area contributed by atoms with Crippen molar-refractivity contribution in [3.63, 3.8) is 0 Å². The second-order valence-electron chi connectivity index (χ2n) is 1.72. The first kappa shape index (κ1) is 7.59. The van der Waals surface area contributed by atoms with Crippen LogP contribution in [-0.2, 0) is 0 Å². The van der Waals surface area contributed by atoms with Gasteiger partial charge in [0.05, 0.1) is 0 Å². The number of rotatable bonds is 2. The maximum Gasteiger partial charge on any atom is 0.204 e. The molecule has 0 atom stereocenters. The molecule has 0 saturated heterocycles. The Bertz CT molecular complexity index is 277. The molecule has 0 aliphatic carbocycles. The summed E-state index contributed by atoms with van der Waals surface area (Å²) in [6.07, 6.45) is 0. The molecular formula is C6H3F2NO2. The summed E-state index contributed by atoms with van der Waals surface area (Å²) in [5, 5.41) is 1.95. The zero-order valence-corrected chi connectivity index (χ0v) is 5.25. The lowest BCUT2D eigenvalue weighted by atomic mass is 10.3. The van der Waals surface area contributed by atoms with E-state index in [1.54, 1.807) is 0 Å². The van der Waals surface area contributed by atoms with Crippen LogP contribution < -0.4 is 4.84 Å². The highest BCUT2D eigenvalue weighted by molar-refractivity contribution is 5.24. The summed E-state index contributed by atoms with van der Waals surface area (Å²) in [6.45, 7) is 0. The van der Waals surface area contributed by atoms with Gasteiger partial charge in [0.2, 0.25) is 5.82 Å². The molecule has 11 heavy (non-hydrogen) atoms. The largest absolute Gasteiger partial charge is 0.321 e. The quantitative estimate of drug-likeness (QED) is 0.489. The molecule has 0 heterocycles. The number of nitrogens with zero attached hydrogens (tertiary/aromatic N) is 1. The summed E-state index contributed by atoms with van der Waals surface area (Å²) < 4.78 is 24.8. The SMILES string of the molecule is O=NOc1cccc(F)c1F. The molecule has 0 N–H and O–H groups in total. The Kier molecular flexibility index (Phi) is 2.10. The van der Waals surface area contributed by atoms with Crippen LogP contribution in [0.4, 0.5) is 8.78 Å². The van der Waals surface area contributed by atoms with Gasteiger partial charge in [-0.1, -0.05) is 6.07 Å². The highest BCUT2D eigenvalue weighted by Crippen LogP contribution is 2.18. The summed E-state index contributed by atoms with van der Waals surface area (Å²) in [5.41, 5.74) is 0. The topological polar surface area (TPSA) is 38.7 Å². The van der Waals surface area contributed by atoms with Crippen LogP contribution in [0.3, 0.4) is 0 Å². The van der Waals surface area contributed by atoms with Crippen molar-refractivity contribution >= 4 is 0 Å².